The molecule has 5 aromatic carbocycles. The molecule has 29 heteroatoms. The Kier molecular flexibility index (Phi) is 17.5. The molecule has 0 radical (unpaired) electrons. The molecule has 2 atom stereocenters. The Morgan fingerprint density at radius 1 is 0.650 bits per heavy atom. The van der Waals surface area contributed by atoms with Crippen LogP contribution in [0.1, 0.15) is 76.8 Å². The lowest BCUT2D eigenvalue weighted by atomic mass is 9.74. The summed E-state index contributed by atoms with van der Waals surface area (Å²) in [6.07, 6.45) is 8.08. The molecule has 2 heterocycles. The number of ether oxygens (including phenoxy) is 2. The topological polar surface area (TPSA) is 314 Å². The zero-order chi connectivity index (χ0) is 59.3. The summed E-state index contributed by atoms with van der Waals surface area (Å²) in [6.45, 7) is 5.59. The average Bonchev–Trinajstić information content (AvgIpc) is 3.55. The maximum absolute atomic E-state index is 14.3. The summed E-state index contributed by atoms with van der Waals surface area (Å²) in [5.41, 5.74) is -0.104. The van der Waals surface area contributed by atoms with Crippen molar-refractivity contribution in [3.05, 3.63) is 125 Å². The molecule has 0 aliphatic carbocycles. The number of fused-ring (bicyclic) bond motifs is 6. The van der Waals surface area contributed by atoms with Crippen molar-refractivity contribution in [3.8, 4) is 5.75 Å². The highest BCUT2D eigenvalue weighted by Crippen LogP contribution is 2.54. The number of anilines is 1. The quantitative estimate of drug-likeness (QED) is 0.00633. The van der Waals surface area contributed by atoms with Gasteiger partial charge in [0.05, 0.1) is 21.0 Å². The smallest absolute Gasteiger partial charge is 0.311 e. The number of esters is 1. The van der Waals surface area contributed by atoms with Crippen LogP contribution in [0, 0.1) is 23.3 Å². The molecule has 432 valence electrons. The summed E-state index contributed by atoms with van der Waals surface area (Å²) >= 11 is 0. The maximum atomic E-state index is 14.3. The zero-order valence-electron chi connectivity index (χ0n) is 42.9. The van der Waals surface area contributed by atoms with E-state index >= 15 is 0 Å². The van der Waals surface area contributed by atoms with Crippen LogP contribution in [-0.4, -0.2) is 114 Å². The highest BCUT2D eigenvalue weighted by molar-refractivity contribution is 7.87. The lowest BCUT2D eigenvalue weighted by Gasteiger charge is -2.30. The van der Waals surface area contributed by atoms with Crippen LogP contribution >= 0.6 is 0 Å². The third kappa shape index (κ3) is 12.4. The van der Waals surface area contributed by atoms with Gasteiger partial charge in [0.15, 0.2) is 17.3 Å². The van der Waals surface area contributed by atoms with Crippen LogP contribution in [0.5, 0.6) is 5.75 Å². The van der Waals surface area contributed by atoms with E-state index in [1.807, 2.05) is 4.90 Å². The third-order valence-corrected chi connectivity index (χ3v) is 18.4. The first kappa shape index (κ1) is 61.6. The van der Waals surface area contributed by atoms with Crippen LogP contribution in [0.25, 0.3) is 21.5 Å². The van der Waals surface area contributed by atoms with Gasteiger partial charge in [0.1, 0.15) is 16.3 Å². The monoisotopic (exact) mass is 1220 g/mol. The summed E-state index contributed by atoms with van der Waals surface area (Å²) in [4.78, 5) is 11.1. The number of nitrogens with zero attached hydrogens (tertiary/aromatic N) is 2. The van der Waals surface area contributed by atoms with E-state index in [9.17, 15) is 87.2 Å². The van der Waals surface area contributed by atoms with Gasteiger partial charge in [-0.1, -0.05) is 30.7 Å². The van der Waals surface area contributed by atoms with Crippen molar-refractivity contribution < 1.29 is 101 Å². The van der Waals surface area contributed by atoms with Crippen molar-refractivity contribution in [1.82, 2.24) is 0 Å². The molecule has 2 aliphatic rings. The summed E-state index contributed by atoms with van der Waals surface area (Å²) in [6, 6.07) is 8.99. The fraction of sp³-hybridized carbons (Fsp3) is 0.333. The predicted molar refractivity (Wildman–Crippen MR) is 284 cm³/mol. The summed E-state index contributed by atoms with van der Waals surface area (Å²) in [7, 11) is -23.6. The predicted octanol–water partition coefficient (Wildman–Crippen LogP) is 8.56. The van der Waals surface area contributed by atoms with E-state index in [0.717, 1.165) is 12.1 Å². The van der Waals surface area contributed by atoms with E-state index in [0.29, 0.717) is 46.0 Å². The summed E-state index contributed by atoms with van der Waals surface area (Å²) in [5.74, 6) is -10.8. The number of hydrogen-bond acceptors (Lipinski definition) is 14. The molecule has 0 bridgehead atoms. The van der Waals surface area contributed by atoms with E-state index in [-0.39, 0.29) is 85.8 Å². The highest BCUT2D eigenvalue weighted by atomic mass is 32.2. The first-order valence-corrected chi connectivity index (χ1v) is 31.5. The van der Waals surface area contributed by atoms with E-state index < -0.39 is 128 Å². The van der Waals surface area contributed by atoms with E-state index in [4.69, 9.17) is 4.74 Å². The molecule has 0 fully saturated rings. The second kappa shape index (κ2) is 22.7. The normalized spacial score (nSPS) is 18.7. The Labute approximate surface area is 458 Å². The molecular weight excluding hydrogens is 1160 g/mol. The molecule has 2 unspecified atom stereocenters. The zero-order valence-corrected chi connectivity index (χ0v) is 46.9. The Hall–Kier alpha value is -5.99. The lowest BCUT2D eigenvalue weighted by molar-refractivity contribution is -0.433. The Bertz CT molecular complexity index is 4090. The largest absolute Gasteiger partial charge is 0.420 e. The number of hydrogen-bond donors (Lipinski definition) is 5. The van der Waals surface area contributed by atoms with Crippen LogP contribution < -0.4 is 9.64 Å². The number of halogens is 4. The molecule has 0 aromatic heterocycles. The minimum absolute atomic E-state index is 0.00204. The van der Waals surface area contributed by atoms with Crippen LogP contribution in [-0.2, 0) is 71.0 Å². The fourth-order valence-electron chi connectivity index (χ4n) is 10.6. The number of carbonyl (C=O) groups excluding carboxylic acids is 1. The molecule has 7 rings (SSSR count). The van der Waals surface area contributed by atoms with Gasteiger partial charge in [-0.2, -0.15) is 55.4 Å². The van der Waals surface area contributed by atoms with Crippen LogP contribution in [0.3, 0.4) is 0 Å². The van der Waals surface area contributed by atoms with Gasteiger partial charge in [-0.15, -0.1) is 0 Å². The van der Waals surface area contributed by atoms with Crippen molar-refractivity contribution in [2.45, 2.75) is 96.1 Å². The second-order valence-corrected chi connectivity index (χ2v) is 26.5. The first-order chi connectivity index (χ1) is 37.1. The molecule has 0 saturated carbocycles. The van der Waals surface area contributed by atoms with E-state index in [2.05, 4.69) is 4.74 Å². The SMILES string of the molecule is CC[N+]1=C(/C=C/C=C/C=C2/N(CCCCCC(=O)Oc3c(F)c(F)cc(F)c3F)c3ccc4c(S(=O)(=O)O)cc(S(=O)(=O)O)cc4c3C2(C)CCOC)C(C)(CCCS(=O)(=O)O)c2c1ccc1c(S(=O)(=O)O)cc(S(=O)(=O)O)cc21. The summed E-state index contributed by atoms with van der Waals surface area (Å²) < 4.78 is 244. The maximum Gasteiger partial charge on any atom is 0.311 e. The number of carbonyl (C=O) groups is 1. The number of allylic oxidation sites excluding steroid dienone is 6. The van der Waals surface area contributed by atoms with Gasteiger partial charge in [0, 0.05) is 78.0 Å². The van der Waals surface area contributed by atoms with Crippen molar-refractivity contribution in [2.75, 3.05) is 37.5 Å². The second-order valence-electron chi connectivity index (χ2n) is 19.3. The van der Waals surface area contributed by atoms with Crippen molar-refractivity contribution >= 4 is 95.2 Å². The molecule has 0 saturated heterocycles. The minimum Gasteiger partial charge on any atom is -0.420 e. The van der Waals surface area contributed by atoms with Gasteiger partial charge in [-0.05, 0) is 112 Å². The van der Waals surface area contributed by atoms with Gasteiger partial charge in [-0.3, -0.25) is 27.6 Å². The number of unbranched alkanes of at least 4 members (excludes halogenated alkanes) is 2. The van der Waals surface area contributed by atoms with Crippen molar-refractivity contribution in [2.24, 2.45) is 0 Å². The lowest BCUT2D eigenvalue weighted by Crippen LogP contribution is -2.32. The minimum atomic E-state index is -5.14. The first-order valence-electron chi connectivity index (χ1n) is 24.2. The van der Waals surface area contributed by atoms with Gasteiger partial charge < -0.3 is 14.4 Å². The molecular formula is C51H53F4N2O18S5+. The Morgan fingerprint density at radius 2 is 1.21 bits per heavy atom. The molecule has 0 amide bonds. The highest BCUT2D eigenvalue weighted by Gasteiger charge is 2.49. The van der Waals surface area contributed by atoms with Crippen LogP contribution in [0.2, 0.25) is 0 Å². The average molecular weight is 1220 g/mol. The van der Waals surface area contributed by atoms with Gasteiger partial charge >= 0.3 is 5.97 Å². The standard InChI is InChI=1S/C51H52F4N2O18S5/c1-5-56-38-18-16-32-34(25-30(77(62,63)64)27-40(32)79(68,69)70)45(38)50(2,20-12-24-76(59,60)61)42(56)13-8-6-9-14-43-51(3,21-23-74-4)46-35-26-31(78(65,66)67)28-41(80(71,72)73)33(35)17-19-39(46)57(43)22-11-7-10-15-44(58)75-49-47(54)36(52)29-37(53)48(49)55/h6,8-9,13-14,16-19,25-29H,5,7,10-12,15,20-24H2,1-4H3,(H4-,59,60,61,62,63,64,65,66,67,68,69,70,71,72,73)/p+1. The third-order valence-electron chi connectivity index (χ3n) is 14.1. The number of rotatable bonds is 22. The Balaban J connectivity index is 1.33. The van der Waals surface area contributed by atoms with E-state index in [1.54, 1.807) is 55.7 Å². The van der Waals surface area contributed by atoms with Gasteiger partial charge in [0.25, 0.3) is 50.6 Å². The molecule has 0 spiro atoms. The van der Waals surface area contributed by atoms with Gasteiger partial charge in [-0.25, -0.2) is 8.78 Å². The molecule has 20 nitrogen and oxygen atoms in total. The van der Waals surface area contributed by atoms with E-state index in [1.165, 1.54) is 31.4 Å². The molecule has 5 aromatic rings. The number of methoxy groups -OCH3 is 1. The summed E-state index contributed by atoms with van der Waals surface area (Å²) in [5, 5.41) is -0.263. The number of benzene rings is 5. The van der Waals surface area contributed by atoms with Crippen LogP contribution in [0.15, 0.2) is 110 Å². The fourth-order valence-corrected chi connectivity index (χ4v) is 13.8. The van der Waals surface area contributed by atoms with Crippen LogP contribution in [0.4, 0.5) is 28.9 Å². The van der Waals surface area contributed by atoms with Crippen molar-refractivity contribution in [3.63, 3.8) is 0 Å². The molecule has 5 N–H and O–H groups in total. The van der Waals surface area contributed by atoms with Gasteiger partial charge in [0.2, 0.25) is 23.1 Å². The molecule has 2 aliphatic heterocycles. The Morgan fingerprint density at radius 3 is 1.74 bits per heavy atom. The molecule has 80 heavy (non-hydrogen) atoms. The van der Waals surface area contributed by atoms with Crippen molar-refractivity contribution in [1.29, 1.82) is 0 Å².